The largest absolute Gasteiger partial charge is 0.353 e. The Bertz CT molecular complexity index is 373. The van der Waals surface area contributed by atoms with Crippen LogP contribution in [0.1, 0.15) is 30.6 Å². The Morgan fingerprint density at radius 3 is 3.00 bits per heavy atom. The molecule has 1 N–H and O–H groups in total. The van der Waals surface area contributed by atoms with Crippen molar-refractivity contribution in [3.05, 3.63) is 22.4 Å². The zero-order chi connectivity index (χ0) is 11.0. The molecule has 86 valence electrons. The molecule has 0 radical (unpaired) electrons. The Balaban J connectivity index is 1.53. The molecule has 0 unspecified atom stereocenters. The predicted molar refractivity (Wildman–Crippen MR) is 65.4 cm³/mol. The zero-order valence-electron chi connectivity index (χ0n) is 9.32. The van der Waals surface area contributed by atoms with Crippen LogP contribution in [0.5, 0.6) is 0 Å². The predicted octanol–water partition coefficient (Wildman–Crippen LogP) is 2.60. The average Bonchev–Trinajstić information content (AvgIpc) is 2.92. The molecule has 3 atom stereocenters. The van der Waals surface area contributed by atoms with Crippen LogP contribution in [-0.2, 0) is 11.2 Å². The van der Waals surface area contributed by atoms with Gasteiger partial charge in [0.15, 0.2) is 0 Å². The molecule has 2 fully saturated rings. The van der Waals surface area contributed by atoms with Crippen molar-refractivity contribution in [3.63, 3.8) is 0 Å². The van der Waals surface area contributed by atoms with Crippen LogP contribution in [-0.4, -0.2) is 11.9 Å². The van der Waals surface area contributed by atoms with Crippen molar-refractivity contribution < 1.29 is 4.79 Å². The molecule has 2 aliphatic rings. The molecule has 2 saturated carbocycles. The third-order valence-electron chi connectivity index (χ3n) is 4.00. The van der Waals surface area contributed by atoms with Gasteiger partial charge in [-0.3, -0.25) is 4.79 Å². The SMILES string of the molecule is O=C(Cc1cccs1)N[C@H]1C[C@H]2CC[C@H]1C2. The molecule has 2 nitrogen and oxygen atoms in total. The first-order chi connectivity index (χ1) is 7.81. The summed E-state index contributed by atoms with van der Waals surface area (Å²) in [5, 5.41) is 5.24. The molecule has 1 heterocycles. The van der Waals surface area contributed by atoms with E-state index in [0.717, 1.165) is 11.8 Å². The lowest BCUT2D eigenvalue weighted by Crippen LogP contribution is -2.39. The third-order valence-corrected chi connectivity index (χ3v) is 4.88. The van der Waals surface area contributed by atoms with Crippen LogP contribution in [0.2, 0.25) is 0 Å². The second-order valence-corrected chi connectivity index (χ2v) is 6.14. The summed E-state index contributed by atoms with van der Waals surface area (Å²) in [5.74, 6) is 1.88. The van der Waals surface area contributed by atoms with E-state index in [1.54, 1.807) is 11.3 Å². The monoisotopic (exact) mass is 235 g/mol. The summed E-state index contributed by atoms with van der Waals surface area (Å²) in [5.41, 5.74) is 0. The normalized spacial score (nSPS) is 31.9. The molecule has 1 amide bonds. The quantitative estimate of drug-likeness (QED) is 0.857. The molecule has 0 spiro atoms. The van der Waals surface area contributed by atoms with Gasteiger partial charge in [0.2, 0.25) is 5.91 Å². The van der Waals surface area contributed by atoms with Gasteiger partial charge < -0.3 is 5.32 Å². The smallest absolute Gasteiger partial charge is 0.225 e. The summed E-state index contributed by atoms with van der Waals surface area (Å²) in [7, 11) is 0. The van der Waals surface area contributed by atoms with Crippen LogP contribution in [0.15, 0.2) is 17.5 Å². The second-order valence-electron chi connectivity index (χ2n) is 5.11. The average molecular weight is 235 g/mol. The van der Waals surface area contributed by atoms with Crippen LogP contribution in [0.3, 0.4) is 0 Å². The molecule has 0 aliphatic heterocycles. The van der Waals surface area contributed by atoms with Crippen molar-refractivity contribution in [1.82, 2.24) is 5.32 Å². The lowest BCUT2D eigenvalue weighted by atomic mass is 9.95. The van der Waals surface area contributed by atoms with Crippen LogP contribution < -0.4 is 5.32 Å². The van der Waals surface area contributed by atoms with E-state index in [4.69, 9.17) is 0 Å². The zero-order valence-corrected chi connectivity index (χ0v) is 10.1. The van der Waals surface area contributed by atoms with Crippen LogP contribution in [0, 0.1) is 11.8 Å². The van der Waals surface area contributed by atoms with Gasteiger partial charge in [0, 0.05) is 10.9 Å². The number of amides is 1. The molecule has 2 bridgehead atoms. The number of carbonyl (C=O) groups is 1. The van der Waals surface area contributed by atoms with Crippen molar-refractivity contribution in [2.75, 3.05) is 0 Å². The molecular weight excluding hydrogens is 218 g/mol. The molecule has 0 aromatic carbocycles. The van der Waals surface area contributed by atoms with Crippen molar-refractivity contribution >= 4 is 17.2 Å². The van der Waals surface area contributed by atoms with E-state index in [-0.39, 0.29) is 5.91 Å². The van der Waals surface area contributed by atoms with Gasteiger partial charge in [0.05, 0.1) is 6.42 Å². The van der Waals surface area contributed by atoms with E-state index >= 15 is 0 Å². The molecule has 0 saturated heterocycles. The van der Waals surface area contributed by atoms with Crippen molar-refractivity contribution in [3.8, 4) is 0 Å². The Labute approximate surface area is 100 Å². The minimum atomic E-state index is 0.208. The number of carbonyl (C=O) groups excluding carboxylic acids is 1. The maximum atomic E-state index is 11.8. The van der Waals surface area contributed by atoms with Gasteiger partial charge in [-0.2, -0.15) is 0 Å². The Kier molecular flexibility index (Phi) is 2.72. The summed E-state index contributed by atoms with van der Waals surface area (Å²) in [4.78, 5) is 13.0. The molecule has 1 aromatic heterocycles. The summed E-state index contributed by atoms with van der Waals surface area (Å²) < 4.78 is 0. The van der Waals surface area contributed by atoms with E-state index in [9.17, 15) is 4.79 Å². The van der Waals surface area contributed by atoms with E-state index in [2.05, 4.69) is 5.32 Å². The molecule has 2 aliphatic carbocycles. The Morgan fingerprint density at radius 2 is 2.38 bits per heavy atom. The first-order valence-electron chi connectivity index (χ1n) is 6.13. The topological polar surface area (TPSA) is 29.1 Å². The summed E-state index contributed by atoms with van der Waals surface area (Å²) in [6.07, 6.45) is 5.85. The summed E-state index contributed by atoms with van der Waals surface area (Å²) in [6, 6.07) is 4.52. The third kappa shape index (κ3) is 2.01. The number of fused-ring (bicyclic) bond motifs is 2. The number of rotatable bonds is 3. The maximum absolute atomic E-state index is 11.8. The minimum absolute atomic E-state index is 0.208. The summed E-state index contributed by atoms with van der Waals surface area (Å²) >= 11 is 1.66. The highest BCUT2D eigenvalue weighted by Crippen LogP contribution is 2.44. The fraction of sp³-hybridized carbons (Fsp3) is 0.615. The Hall–Kier alpha value is -0.830. The summed E-state index contributed by atoms with van der Waals surface area (Å²) in [6.45, 7) is 0. The van der Waals surface area contributed by atoms with Crippen molar-refractivity contribution in [2.45, 2.75) is 38.1 Å². The number of hydrogen-bond acceptors (Lipinski definition) is 2. The fourth-order valence-corrected chi connectivity index (χ4v) is 3.95. The first kappa shape index (κ1) is 10.3. The van der Waals surface area contributed by atoms with Gasteiger partial charge >= 0.3 is 0 Å². The van der Waals surface area contributed by atoms with Crippen LogP contribution in [0.25, 0.3) is 0 Å². The molecular formula is C13H17NOS. The minimum Gasteiger partial charge on any atom is -0.353 e. The van der Waals surface area contributed by atoms with Gasteiger partial charge in [-0.05, 0) is 42.5 Å². The standard InChI is InChI=1S/C13H17NOS/c15-13(8-11-2-1-5-16-11)14-12-7-9-3-4-10(12)6-9/h1-2,5,9-10,12H,3-4,6-8H2,(H,14,15)/t9-,10-,12-/m0/s1. The van der Waals surface area contributed by atoms with E-state index in [1.165, 1.54) is 30.6 Å². The van der Waals surface area contributed by atoms with Gasteiger partial charge in [0.25, 0.3) is 0 Å². The number of thiophene rings is 1. The lowest BCUT2D eigenvalue weighted by Gasteiger charge is -2.22. The van der Waals surface area contributed by atoms with Gasteiger partial charge in [-0.25, -0.2) is 0 Å². The van der Waals surface area contributed by atoms with E-state index in [1.807, 2.05) is 17.5 Å². The fourth-order valence-electron chi connectivity index (χ4n) is 3.25. The number of hydrogen-bond donors (Lipinski definition) is 1. The van der Waals surface area contributed by atoms with E-state index in [0.29, 0.717) is 12.5 Å². The van der Waals surface area contributed by atoms with Gasteiger partial charge in [-0.15, -0.1) is 11.3 Å². The lowest BCUT2D eigenvalue weighted by molar-refractivity contribution is -0.121. The maximum Gasteiger partial charge on any atom is 0.225 e. The van der Waals surface area contributed by atoms with Gasteiger partial charge in [0.1, 0.15) is 0 Å². The molecule has 16 heavy (non-hydrogen) atoms. The molecule has 1 aromatic rings. The number of nitrogens with one attached hydrogen (secondary N) is 1. The van der Waals surface area contributed by atoms with E-state index < -0.39 is 0 Å². The first-order valence-corrected chi connectivity index (χ1v) is 7.01. The van der Waals surface area contributed by atoms with Crippen molar-refractivity contribution in [1.29, 1.82) is 0 Å². The molecule has 3 heteroatoms. The second kappa shape index (κ2) is 4.21. The highest BCUT2D eigenvalue weighted by Gasteiger charge is 2.39. The van der Waals surface area contributed by atoms with Gasteiger partial charge in [-0.1, -0.05) is 12.5 Å². The highest BCUT2D eigenvalue weighted by atomic mass is 32.1. The highest BCUT2D eigenvalue weighted by molar-refractivity contribution is 7.10. The molecule has 3 rings (SSSR count). The van der Waals surface area contributed by atoms with Crippen LogP contribution >= 0.6 is 11.3 Å². The Morgan fingerprint density at radius 1 is 1.44 bits per heavy atom. The van der Waals surface area contributed by atoms with Crippen LogP contribution in [0.4, 0.5) is 0 Å². The van der Waals surface area contributed by atoms with Crippen molar-refractivity contribution in [2.24, 2.45) is 11.8 Å².